The molecule has 3 heteroatoms. The zero-order valence-electron chi connectivity index (χ0n) is 46.0. The highest BCUT2D eigenvalue weighted by Crippen LogP contribution is 2.42. The van der Waals surface area contributed by atoms with E-state index in [2.05, 4.69) is 263 Å². The number of aromatic nitrogens is 3. The number of rotatable bonds is 13. The van der Waals surface area contributed by atoms with E-state index >= 15 is 0 Å². The zero-order valence-corrected chi connectivity index (χ0v) is 46.0. The minimum absolute atomic E-state index is 0.00297. The van der Waals surface area contributed by atoms with Crippen LogP contribution in [-0.4, -0.2) is 15.0 Å². The van der Waals surface area contributed by atoms with E-state index in [0.717, 1.165) is 59.5 Å². The molecule has 3 aromatic heterocycles. The Morgan fingerprint density at radius 2 is 0.618 bits per heavy atom. The average molecular weight is 990 g/mol. The molecule has 0 amide bonds. The van der Waals surface area contributed by atoms with Gasteiger partial charge in [0.1, 0.15) is 0 Å². The van der Waals surface area contributed by atoms with Crippen LogP contribution in [0.5, 0.6) is 0 Å². The van der Waals surface area contributed by atoms with Crippen molar-refractivity contribution in [2.75, 3.05) is 0 Å². The fraction of sp³-hybridized carbons (Fsp3) is 0.219. The molecule has 0 N–H and O–H groups in total. The van der Waals surface area contributed by atoms with E-state index in [1.54, 1.807) is 0 Å². The van der Waals surface area contributed by atoms with Crippen LogP contribution in [0.3, 0.4) is 0 Å². The fourth-order valence-corrected chi connectivity index (χ4v) is 10.3. The maximum absolute atomic E-state index is 4.93. The maximum atomic E-state index is 4.93. The predicted molar refractivity (Wildman–Crippen MR) is 322 cm³/mol. The van der Waals surface area contributed by atoms with Crippen LogP contribution in [0.25, 0.3) is 78.3 Å². The molecular weight excluding hydrogens is 919 g/mol. The minimum atomic E-state index is 0.00297. The molecule has 0 bridgehead atoms. The molecular formula is C73H71N3. The molecule has 0 aliphatic heterocycles. The lowest BCUT2D eigenvalue weighted by Crippen LogP contribution is -2.11. The topological polar surface area (TPSA) is 38.7 Å². The summed E-state index contributed by atoms with van der Waals surface area (Å²) < 4.78 is 0. The van der Waals surface area contributed by atoms with E-state index in [1.165, 1.54) is 83.5 Å². The largest absolute Gasteiger partial charge is 0.256 e. The van der Waals surface area contributed by atoms with Crippen molar-refractivity contribution >= 4 is 0 Å². The summed E-state index contributed by atoms with van der Waals surface area (Å²) in [5.74, 6) is 0. The van der Waals surface area contributed by atoms with E-state index < -0.39 is 0 Å². The summed E-state index contributed by atoms with van der Waals surface area (Å²) in [5, 5.41) is 0. The summed E-state index contributed by atoms with van der Waals surface area (Å²) in [6.45, 7) is 20.3. The number of aryl methyl sites for hydroxylation is 4. The average Bonchev–Trinajstić information content (AvgIpc) is 3.46. The Labute approximate surface area is 452 Å². The van der Waals surface area contributed by atoms with Crippen molar-refractivity contribution in [3.63, 3.8) is 0 Å². The maximum Gasteiger partial charge on any atom is 0.0705 e. The van der Waals surface area contributed by atoms with Crippen LogP contribution in [0.1, 0.15) is 101 Å². The Morgan fingerprint density at radius 3 is 1.09 bits per heavy atom. The molecule has 0 radical (unpaired) electrons. The first kappa shape index (κ1) is 51.5. The van der Waals surface area contributed by atoms with Gasteiger partial charge in [0.15, 0.2) is 0 Å². The lowest BCUT2D eigenvalue weighted by Gasteiger charge is -2.20. The van der Waals surface area contributed by atoms with Crippen molar-refractivity contribution < 1.29 is 0 Å². The van der Waals surface area contributed by atoms with Crippen molar-refractivity contribution in [2.24, 2.45) is 0 Å². The van der Waals surface area contributed by atoms with E-state index in [0.29, 0.717) is 0 Å². The Bertz CT molecular complexity index is 3480. The van der Waals surface area contributed by atoms with Gasteiger partial charge in [-0.05, 0) is 168 Å². The summed E-state index contributed by atoms with van der Waals surface area (Å²) in [6, 6.07) is 74.2. The van der Waals surface area contributed by atoms with Gasteiger partial charge in [-0.3, -0.25) is 15.0 Å². The van der Waals surface area contributed by atoms with Crippen molar-refractivity contribution in [3.05, 3.63) is 258 Å². The highest BCUT2D eigenvalue weighted by atomic mass is 14.7. The number of pyridine rings is 3. The second-order valence-corrected chi connectivity index (χ2v) is 23.7. The predicted octanol–water partition coefficient (Wildman–Crippen LogP) is 19.0. The first-order valence-electron chi connectivity index (χ1n) is 27.1. The van der Waals surface area contributed by atoms with Gasteiger partial charge in [-0.2, -0.15) is 0 Å². The van der Waals surface area contributed by atoms with E-state index in [9.17, 15) is 0 Å². The van der Waals surface area contributed by atoms with Gasteiger partial charge in [-0.15, -0.1) is 0 Å². The van der Waals surface area contributed by atoms with Crippen LogP contribution in [0.2, 0.25) is 0 Å². The quantitative estimate of drug-likeness (QED) is 0.116. The van der Waals surface area contributed by atoms with Crippen LogP contribution < -0.4 is 0 Å². The minimum Gasteiger partial charge on any atom is -0.256 e. The molecule has 3 heterocycles. The first-order chi connectivity index (χ1) is 36.5. The van der Waals surface area contributed by atoms with Gasteiger partial charge in [0.2, 0.25) is 0 Å². The van der Waals surface area contributed by atoms with Crippen LogP contribution in [-0.2, 0) is 41.9 Å². The summed E-state index contributed by atoms with van der Waals surface area (Å²) in [6.07, 6.45) is 9.54. The molecule has 0 aliphatic rings. The second-order valence-electron chi connectivity index (χ2n) is 23.7. The van der Waals surface area contributed by atoms with Gasteiger partial charge in [-0.25, -0.2) is 0 Å². The molecule has 0 fully saturated rings. The van der Waals surface area contributed by atoms with Crippen molar-refractivity contribution in [3.8, 4) is 78.3 Å². The molecule has 0 saturated heterocycles. The molecule has 0 aliphatic carbocycles. The van der Waals surface area contributed by atoms with Gasteiger partial charge in [0, 0.05) is 35.3 Å². The van der Waals surface area contributed by atoms with Gasteiger partial charge >= 0.3 is 0 Å². The Balaban J connectivity index is 1.01. The molecule has 0 unspecified atom stereocenters. The van der Waals surface area contributed by atoms with Gasteiger partial charge in [-0.1, -0.05) is 220 Å². The number of nitrogens with zero attached hydrogens (tertiary/aromatic N) is 3. The Kier molecular flexibility index (Phi) is 14.7. The SMILES string of the molecule is CC(C)(C)c1ccnc(-c2ccc(CCc3cc(CCc4ccc(-c5cc(C(C)(C)C)ccn5)cc4)cc(-c4ccccc4-c4ccc(-c5cc(C(C)(C)C)ccn5)cc4-c4ccc(-c5ccccc5)cc4)c3)cc2)c1. The highest BCUT2D eigenvalue weighted by molar-refractivity contribution is 5.94. The molecule has 0 saturated carbocycles. The third-order valence-corrected chi connectivity index (χ3v) is 15.0. The van der Waals surface area contributed by atoms with E-state index in [4.69, 9.17) is 15.0 Å². The summed E-state index contributed by atoms with van der Waals surface area (Å²) in [7, 11) is 0. The zero-order chi connectivity index (χ0) is 53.0. The summed E-state index contributed by atoms with van der Waals surface area (Å²) in [5.41, 5.74) is 25.3. The molecule has 7 aromatic carbocycles. The number of hydrogen-bond donors (Lipinski definition) is 0. The number of benzene rings is 7. The summed E-state index contributed by atoms with van der Waals surface area (Å²) in [4.78, 5) is 14.4. The van der Waals surface area contributed by atoms with Gasteiger partial charge in [0.05, 0.1) is 17.1 Å². The lowest BCUT2D eigenvalue weighted by atomic mass is 9.85. The van der Waals surface area contributed by atoms with Crippen LogP contribution in [0.4, 0.5) is 0 Å². The third-order valence-electron chi connectivity index (χ3n) is 15.0. The lowest BCUT2D eigenvalue weighted by molar-refractivity contribution is 0.589. The van der Waals surface area contributed by atoms with Gasteiger partial charge in [0.25, 0.3) is 0 Å². The molecule has 378 valence electrons. The molecule has 3 nitrogen and oxygen atoms in total. The highest BCUT2D eigenvalue weighted by Gasteiger charge is 2.20. The first-order valence-corrected chi connectivity index (χ1v) is 27.1. The van der Waals surface area contributed by atoms with Crippen molar-refractivity contribution in [2.45, 2.75) is 104 Å². The molecule has 0 atom stereocenters. The van der Waals surface area contributed by atoms with Crippen molar-refractivity contribution in [1.29, 1.82) is 0 Å². The Morgan fingerprint density at radius 1 is 0.250 bits per heavy atom. The summed E-state index contributed by atoms with van der Waals surface area (Å²) >= 11 is 0. The van der Waals surface area contributed by atoms with Crippen LogP contribution in [0.15, 0.2) is 219 Å². The van der Waals surface area contributed by atoms with E-state index in [1.807, 2.05) is 18.6 Å². The van der Waals surface area contributed by atoms with Crippen LogP contribution in [0, 0.1) is 0 Å². The second kappa shape index (κ2) is 21.7. The standard InChI is InChI=1S/C73H71N3/c1-71(2,3)61-37-40-74-68(47-61)57-27-23-50(24-28-57)19-21-52-43-53(22-20-51-25-29-58(30-26-51)69-48-62(38-41-75-69)72(4,5)6)45-60(44-52)64-17-13-14-18-65(64)66-36-35-59(70-49-63(39-42-76-70)73(7,8)9)46-67(66)56-33-31-55(32-34-56)54-15-11-10-12-16-54/h10-18,23-49H,19-22H2,1-9H3. The van der Waals surface area contributed by atoms with Crippen molar-refractivity contribution in [1.82, 2.24) is 15.0 Å². The van der Waals surface area contributed by atoms with Crippen LogP contribution >= 0.6 is 0 Å². The molecule has 10 rings (SSSR count). The normalized spacial score (nSPS) is 12.0. The Hall–Kier alpha value is -8.01. The molecule has 76 heavy (non-hydrogen) atoms. The molecule has 10 aromatic rings. The monoisotopic (exact) mass is 990 g/mol. The number of hydrogen-bond acceptors (Lipinski definition) is 3. The van der Waals surface area contributed by atoms with Gasteiger partial charge < -0.3 is 0 Å². The smallest absolute Gasteiger partial charge is 0.0705 e. The fourth-order valence-electron chi connectivity index (χ4n) is 10.3. The van der Waals surface area contributed by atoms with E-state index in [-0.39, 0.29) is 16.2 Å². The molecule has 0 spiro atoms. The third kappa shape index (κ3) is 12.1.